The summed E-state index contributed by atoms with van der Waals surface area (Å²) >= 11 is 5.91. The molecule has 0 saturated heterocycles. The van der Waals surface area contributed by atoms with E-state index in [1.54, 1.807) is 24.3 Å². The molecule has 134 valence electrons. The van der Waals surface area contributed by atoms with E-state index >= 15 is 0 Å². The van der Waals surface area contributed by atoms with E-state index in [9.17, 15) is 18.0 Å². The van der Waals surface area contributed by atoms with Gasteiger partial charge in [0.25, 0.3) is 5.91 Å². The van der Waals surface area contributed by atoms with Crippen molar-refractivity contribution >= 4 is 17.5 Å². The number of hydrogen-bond acceptors (Lipinski definition) is 3. The molecule has 3 rings (SSSR count). The number of amides is 1. The van der Waals surface area contributed by atoms with Crippen LogP contribution in [0.15, 0.2) is 59.1 Å². The molecule has 0 unspecified atom stereocenters. The van der Waals surface area contributed by atoms with Gasteiger partial charge in [0, 0.05) is 23.2 Å². The minimum atomic E-state index is -4.43. The van der Waals surface area contributed by atoms with E-state index in [0.29, 0.717) is 21.8 Å². The Bertz CT molecular complexity index is 938. The van der Waals surface area contributed by atoms with Crippen molar-refractivity contribution in [2.24, 2.45) is 0 Å². The largest absolute Gasteiger partial charge is 0.416 e. The molecule has 8 heteroatoms. The normalized spacial score (nSPS) is 11.4. The average Bonchev–Trinajstić information content (AvgIpc) is 3.09. The van der Waals surface area contributed by atoms with Crippen LogP contribution in [-0.4, -0.2) is 11.1 Å². The molecule has 1 N–H and O–H groups in total. The van der Waals surface area contributed by atoms with Crippen molar-refractivity contribution in [3.05, 3.63) is 76.5 Å². The molecular formula is C18H12ClF3N2O2. The van der Waals surface area contributed by atoms with Crippen molar-refractivity contribution < 1.29 is 22.5 Å². The molecule has 0 atom stereocenters. The lowest BCUT2D eigenvalue weighted by atomic mass is 10.1. The van der Waals surface area contributed by atoms with Crippen LogP contribution in [0.25, 0.3) is 11.3 Å². The first-order valence-electron chi connectivity index (χ1n) is 7.50. The monoisotopic (exact) mass is 380 g/mol. The molecule has 0 spiro atoms. The van der Waals surface area contributed by atoms with E-state index in [4.69, 9.17) is 16.1 Å². The highest BCUT2D eigenvalue weighted by Crippen LogP contribution is 2.29. The van der Waals surface area contributed by atoms with Gasteiger partial charge in [0.2, 0.25) is 5.76 Å². The molecule has 1 aromatic heterocycles. The minimum absolute atomic E-state index is 0.0491. The maximum atomic E-state index is 12.7. The predicted octanol–water partition coefficient (Wildman–Crippen LogP) is 4.94. The molecule has 0 saturated carbocycles. The Kier molecular flexibility index (Phi) is 4.99. The van der Waals surface area contributed by atoms with Crippen molar-refractivity contribution in [1.29, 1.82) is 0 Å². The molecule has 3 aromatic rings. The molecule has 0 fully saturated rings. The number of carbonyl (C=O) groups is 1. The first-order chi connectivity index (χ1) is 12.3. The maximum Gasteiger partial charge on any atom is 0.416 e. The van der Waals surface area contributed by atoms with Crippen LogP contribution in [0.4, 0.5) is 13.2 Å². The first-order valence-corrected chi connectivity index (χ1v) is 7.88. The van der Waals surface area contributed by atoms with Crippen molar-refractivity contribution in [1.82, 2.24) is 10.5 Å². The third kappa shape index (κ3) is 4.23. The highest BCUT2D eigenvalue weighted by Gasteiger charge is 2.30. The zero-order chi connectivity index (χ0) is 18.7. The molecule has 26 heavy (non-hydrogen) atoms. The maximum absolute atomic E-state index is 12.7. The van der Waals surface area contributed by atoms with Crippen LogP contribution >= 0.6 is 11.6 Å². The number of carbonyl (C=O) groups excluding carboxylic acids is 1. The Morgan fingerprint density at radius 2 is 1.88 bits per heavy atom. The van der Waals surface area contributed by atoms with E-state index in [1.807, 2.05) is 0 Å². The van der Waals surface area contributed by atoms with Gasteiger partial charge in [-0.1, -0.05) is 41.0 Å². The van der Waals surface area contributed by atoms with Crippen LogP contribution in [0.5, 0.6) is 0 Å². The van der Waals surface area contributed by atoms with Gasteiger partial charge in [0.1, 0.15) is 5.69 Å². The van der Waals surface area contributed by atoms with Crippen LogP contribution in [0.3, 0.4) is 0 Å². The van der Waals surface area contributed by atoms with Crippen LogP contribution in [0.2, 0.25) is 5.02 Å². The zero-order valence-corrected chi connectivity index (χ0v) is 13.9. The summed E-state index contributed by atoms with van der Waals surface area (Å²) in [5.74, 6) is -0.629. The topological polar surface area (TPSA) is 55.1 Å². The number of hydrogen-bond donors (Lipinski definition) is 1. The second-order valence-corrected chi connectivity index (χ2v) is 5.90. The van der Waals surface area contributed by atoms with Crippen molar-refractivity contribution in [3.8, 4) is 11.3 Å². The van der Waals surface area contributed by atoms with Crippen molar-refractivity contribution in [2.45, 2.75) is 12.7 Å². The standard InChI is InChI=1S/C18H12ClF3N2O2/c19-14-6-2-4-12(8-14)15-9-16(26-24-15)17(25)23-10-11-3-1-5-13(7-11)18(20,21)22/h1-9H,10H2,(H,23,25). The van der Waals surface area contributed by atoms with Crippen LogP contribution in [-0.2, 0) is 12.7 Å². The van der Waals surface area contributed by atoms with Crippen LogP contribution in [0.1, 0.15) is 21.7 Å². The van der Waals surface area contributed by atoms with E-state index in [-0.39, 0.29) is 12.3 Å². The molecule has 0 aliphatic rings. The molecular weight excluding hydrogens is 369 g/mol. The number of rotatable bonds is 4. The summed E-state index contributed by atoms with van der Waals surface area (Å²) in [5.41, 5.74) is 0.657. The lowest BCUT2D eigenvalue weighted by Gasteiger charge is -2.09. The molecule has 1 heterocycles. The van der Waals surface area contributed by atoms with Gasteiger partial charge >= 0.3 is 6.18 Å². The molecule has 1 amide bonds. The summed E-state index contributed by atoms with van der Waals surface area (Å²) in [7, 11) is 0. The lowest BCUT2D eigenvalue weighted by Crippen LogP contribution is -2.22. The number of benzene rings is 2. The summed E-state index contributed by atoms with van der Waals surface area (Å²) in [6.45, 7) is -0.0735. The Labute approximate surface area is 151 Å². The SMILES string of the molecule is O=C(NCc1cccc(C(F)(F)F)c1)c1cc(-c2cccc(Cl)c2)no1. The number of aromatic nitrogens is 1. The highest BCUT2D eigenvalue weighted by atomic mass is 35.5. The summed E-state index contributed by atoms with van der Waals surface area (Å²) in [6.07, 6.45) is -4.43. The second kappa shape index (κ2) is 7.21. The highest BCUT2D eigenvalue weighted by molar-refractivity contribution is 6.30. The molecule has 4 nitrogen and oxygen atoms in total. The number of nitrogens with zero attached hydrogens (tertiary/aromatic N) is 1. The fraction of sp³-hybridized carbons (Fsp3) is 0.111. The van der Waals surface area contributed by atoms with Gasteiger partial charge in [-0.25, -0.2) is 0 Å². The first kappa shape index (κ1) is 18.0. The van der Waals surface area contributed by atoms with Gasteiger partial charge in [-0.05, 0) is 29.8 Å². The predicted molar refractivity (Wildman–Crippen MR) is 89.6 cm³/mol. The van der Waals surface area contributed by atoms with Gasteiger partial charge in [0.15, 0.2) is 0 Å². The molecule has 0 bridgehead atoms. The average molecular weight is 381 g/mol. The van der Waals surface area contributed by atoms with Crippen LogP contribution in [0, 0.1) is 0 Å². The number of nitrogens with one attached hydrogen (secondary N) is 1. The van der Waals surface area contributed by atoms with Crippen molar-refractivity contribution in [3.63, 3.8) is 0 Å². The van der Waals surface area contributed by atoms with E-state index in [0.717, 1.165) is 12.1 Å². The lowest BCUT2D eigenvalue weighted by molar-refractivity contribution is -0.137. The Morgan fingerprint density at radius 3 is 2.62 bits per heavy atom. The fourth-order valence-corrected chi connectivity index (χ4v) is 2.48. The summed E-state index contributed by atoms with van der Waals surface area (Å²) in [4.78, 5) is 12.1. The third-order valence-electron chi connectivity index (χ3n) is 3.56. The Balaban J connectivity index is 1.68. The smallest absolute Gasteiger partial charge is 0.350 e. The van der Waals surface area contributed by atoms with Gasteiger partial charge in [0.05, 0.1) is 5.56 Å². The summed E-state index contributed by atoms with van der Waals surface area (Å²) in [6, 6.07) is 13.0. The zero-order valence-electron chi connectivity index (χ0n) is 13.2. The van der Waals surface area contributed by atoms with E-state index in [2.05, 4.69) is 10.5 Å². The fourth-order valence-electron chi connectivity index (χ4n) is 2.29. The number of halogens is 4. The summed E-state index contributed by atoms with van der Waals surface area (Å²) in [5, 5.41) is 6.83. The Hall–Kier alpha value is -2.80. The van der Waals surface area contributed by atoms with E-state index in [1.165, 1.54) is 18.2 Å². The van der Waals surface area contributed by atoms with Gasteiger partial charge < -0.3 is 9.84 Å². The molecule has 0 radical (unpaired) electrons. The summed E-state index contributed by atoms with van der Waals surface area (Å²) < 4.78 is 43.1. The molecule has 2 aromatic carbocycles. The van der Waals surface area contributed by atoms with E-state index < -0.39 is 17.6 Å². The quantitative estimate of drug-likeness (QED) is 0.697. The third-order valence-corrected chi connectivity index (χ3v) is 3.80. The molecule has 0 aliphatic carbocycles. The van der Waals surface area contributed by atoms with Crippen molar-refractivity contribution in [2.75, 3.05) is 0 Å². The van der Waals surface area contributed by atoms with Gasteiger partial charge in [-0.15, -0.1) is 0 Å². The second-order valence-electron chi connectivity index (χ2n) is 5.47. The molecule has 0 aliphatic heterocycles. The Morgan fingerprint density at radius 1 is 1.12 bits per heavy atom. The van der Waals surface area contributed by atoms with Gasteiger partial charge in [-0.2, -0.15) is 13.2 Å². The van der Waals surface area contributed by atoms with Gasteiger partial charge in [-0.3, -0.25) is 4.79 Å². The number of alkyl halides is 3. The minimum Gasteiger partial charge on any atom is -0.350 e. The van der Waals surface area contributed by atoms with Crippen LogP contribution < -0.4 is 5.32 Å².